The number of hydrogen-bond donors (Lipinski definition) is 1. The predicted molar refractivity (Wildman–Crippen MR) is 58.6 cm³/mol. The van der Waals surface area contributed by atoms with Crippen LogP contribution in [0.25, 0.3) is 0 Å². The van der Waals surface area contributed by atoms with E-state index in [0.29, 0.717) is 5.69 Å². The molecule has 0 bridgehead atoms. The van der Waals surface area contributed by atoms with Crippen molar-refractivity contribution in [3.63, 3.8) is 0 Å². The van der Waals surface area contributed by atoms with Gasteiger partial charge in [0.15, 0.2) is 0 Å². The molecule has 2 aromatic rings. The Kier molecular flexibility index (Phi) is 7.64. The van der Waals surface area contributed by atoms with Crippen molar-refractivity contribution in [2.75, 3.05) is 5.73 Å². The van der Waals surface area contributed by atoms with E-state index in [1.54, 1.807) is 0 Å². The van der Waals surface area contributed by atoms with Crippen LogP contribution in [0.15, 0.2) is 48.1 Å². The zero-order valence-electron chi connectivity index (χ0n) is 9.59. The quantitative estimate of drug-likeness (QED) is 0.335. The van der Waals surface area contributed by atoms with Crippen molar-refractivity contribution >= 4 is 15.8 Å². The molecule has 1 aromatic carbocycles. The van der Waals surface area contributed by atoms with Gasteiger partial charge in [0, 0.05) is 5.69 Å². The van der Waals surface area contributed by atoms with E-state index in [1.165, 1.54) is 43.2 Å². The summed E-state index contributed by atoms with van der Waals surface area (Å²) in [7, 11) is -4.33. The van der Waals surface area contributed by atoms with Crippen LogP contribution < -0.4 is 35.3 Å². The van der Waals surface area contributed by atoms with Crippen LogP contribution in [-0.2, 0) is 10.1 Å². The van der Waals surface area contributed by atoms with E-state index in [1.807, 2.05) is 0 Å². The molecule has 1 heterocycles. The fourth-order valence-corrected chi connectivity index (χ4v) is 1.31. The second kappa shape index (κ2) is 8.11. The van der Waals surface area contributed by atoms with Crippen LogP contribution in [0.5, 0.6) is 0 Å². The van der Waals surface area contributed by atoms with Gasteiger partial charge in [0.2, 0.25) is 0 Å². The van der Waals surface area contributed by atoms with E-state index in [9.17, 15) is 13.0 Å². The van der Waals surface area contributed by atoms with Gasteiger partial charge in [0.1, 0.15) is 29.1 Å². The minimum absolute atomic E-state index is 0. The molecule has 0 spiro atoms. The van der Waals surface area contributed by atoms with Gasteiger partial charge in [-0.15, -0.1) is 0 Å². The topological polar surface area (TPSA) is 122 Å². The number of nitrogens with zero attached hydrogens (tertiary/aromatic N) is 3. The van der Waals surface area contributed by atoms with Gasteiger partial charge in [-0.1, -0.05) is 0 Å². The molecular formula is C9H9N4NaO3S. The van der Waals surface area contributed by atoms with Crippen molar-refractivity contribution in [2.45, 2.75) is 4.90 Å². The maximum atomic E-state index is 10.3. The summed E-state index contributed by atoms with van der Waals surface area (Å²) in [5.74, 6) is 0. The summed E-state index contributed by atoms with van der Waals surface area (Å²) < 4.78 is 31.0. The molecule has 2 rings (SSSR count). The van der Waals surface area contributed by atoms with Crippen LogP contribution in [-0.4, -0.2) is 27.9 Å². The first-order chi connectivity index (χ1) is 8.00. The van der Waals surface area contributed by atoms with Gasteiger partial charge < -0.3 is 10.3 Å². The standard InChI is InChI=1S/C6H7NO3S.C3H3N3.Na/c7-5-1-3-6(4-2-5)11(8,9)10;1-4-2-6-3-5-1;/h1-4H,7H2,(H,8,9,10);1-3H;/q;;+1/p-1. The number of anilines is 1. The summed E-state index contributed by atoms with van der Waals surface area (Å²) in [4.78, 5) is 10.4. The van der Waals surface area contributed by atoms with Crippen molar-refractivity contribution in [1.29, 1.82) is 0 Å². The molecule has 18 heavy (non-hydrogen) atoms. The number of nitrogen functional groups attached to an aromatic ring is 1. The van der Waals surface area contributed by atoms with Crippen molar-refractivity contribution in [1.82, 2.24) is 15.0 Å². The summed E-state index contributed by atoms with van der Waals surface area (Å²) in [5, 5.41) is 0. The van der Waals surface area contributed by atoms with E-state index in [4.69, 9.17) is 5.73 Å². The van der Waals surface area contributed by atoms with Crippen LogP contribution in [0.3, 0.4) is 0 Å². The van der Waals surface area contributed by atoms with Crippen molar-refractivity contribution in [2.24, 2.45) is 0 Å². The molecule has 90 valence electrons. The van der Waals surface area contributed by atoms with Crippen LogP contribution in [0, 0.1) is 0 Å². The minimum atomic E-state index is -4.33. The van der Waals surface area contributed by atoms with Gasteiger partial charge in [0.05, 0.1) is 4.90 Å². The third-order valence-corrected chi connectivity index (χ3v) is 2.42. The first kappa shape index (κ1) is 16.9. The molecule has 0 unspecified atom stereocenters. The monoisotopic (exact) mass is 276 g/mol. The molecule has 2 N–H and O–H groups in total. The van der Waals surface area contributed by atoms with Gasteiger partial charge in [-0.2, -0.15) is 0 Å². The molecule has 7 nitrogen and oxygen atoms in total. The van der Waals surface area contributed by atoms with Crippen LogP contribution in [0.1, 0.15) is 0 Å². The number of hydrogen-bond acceptors (Lipinski definition) is 7. The second-order valence-corrected chi connectivity index (χ2v) is 4.20. The predicted octanol–water partition coefficient (Wildman–Crippen LogP) is -2.95. The third kappa shape index (κ3) is 6.62. The molecule has 0 radical (unpaired) electrons. The minimum Gasteiger partial charge on any atom is -0.744 e. The number of rotatable bonds is 1. The first-order valence-electron chi connectivity index (χ1n) is 4.36. The smallest absolute Gasteiger partial charge is 0.744 e. The normalized spacial score (nSPS) is 9.61. The molecule has 0 atom stereocenters. The average molecular weight is 276 g/mol. The third-order valence-electron chi connectivity index (χ3n) is 1.57. The van der Waals surface area contributed by atoms with Gasteiger partial charge >= 0.3 is 29.6 Å². The number of aromatic nitrogens is 3. The van der Waals surface area contributed by atoms with Gasteiger partial charge in [-0.3, -0.25) is 0 Å². The second-order valence-electron chi connectivity index (χ2n) is 2.82. The summed E-state index contributed by atoms with van der Waals surface area (Å²) >= 11 is 0. The molecule has 1 aromatic heterocycles. The molecule has 0 saturated carbocycles. The van der Waals surface area contributed by atoms with E-state index in [2.05, 4.69) is 15.0 Å². The van der Waals surface area contributed by atoms with E-state index in [-0.39, 0.29) is 34.5 Å². The molecular weight excluding hydrogens is 267 g/mol. The summed E-state index contributed by atoms with van der Waals surface area (Å²) in [6.07, 6.45) is 4.31. The SMILES string of the molecule is Nc1ccc(S(=O)(=O)[O-])cc1.[Na+].c1ncncn1. The van der Waals surface area contributed by atoms with E-state index >= 15 is 0 Å². The Balaban J connectivity index is 0.000000352. The Labute approximate surface area is 127 Å². The Bertz CT molecular complexity index is 521. The molecule has 9 heteroatoms. The maximum absolute atomic E-state index is 10.3. The average Bonchev–Trinajstić information content (AvgIpc) is 2.31. The fraction of sp³-hybridized carbons (Fsp3) is 0. The first-order valence-corrected chi connectivity index (χ1v) is 5.77. The fourth-order valence-electron chi connectivity index (χ4n) is 0.839. The van der Waals surface area contributed by atoms with Gasteiger partial charge in [-0.25, -0.2) is 23.4 Å². The van der Waals surface area contributed by atoms with Gasteiger partial charge in [-0.05, 0) is 24.3 Å². The van der Waals surface area contributed by atoms with E-state index in [0.717, 1.165) is 0 Å². The van der Waals surface area contributed by atoms with Crippen LogP contribution in [0.2, 0.25) is 0 Å². The summed E-state index contributed by atoms with van der Waals surface area (Å²) in [6.45, 7) is 0. The zero-order valence-corrected chi connectivity index (χ0v) is 12.4. The van der Waals surface area contributed by atoms with Crippen LogP contribution >= 0.6 is 0 Å². The Morgan fingerprint density at radius 1 is 0.944 bits per heavy atom. The Morgan fingerprint density at radius 2 is 1.33 bits per heavy atom. The molecule has 0 amide bonds. The summed E-state index contributed by atoms with van der Waals surface area (Å²) in [5.41, 5.74) is 5.70. The van der Waals surface area contributed by atoms with Crippen molar-refractivity contribution < 1.29 is 42.5 Å². The molecule has 0 aliphatic heterocycles. The molecule has 0 saturated heterocycles. The van der Waals surface area contributed by atoms with E-state index < -0.39 is 10.1 Å². The largest absolute Gasteiger partial charge is 1.00 e. The molecule has 0 aliphatic carbocycles. The molecule has 0 aliphatic rings. The Morgan fingerprint density at radius 3 is 1.61 bits per heavy atom. The number of benzene rings is 1. The Hall–Kier alpha value is -1.06. The zero-order chi connectivity index (χ0) is 12.7. The summed E-state index contributed by atoms with van der Waals surface area (Å²) in [6, 6.07) is 5.09. The van der Waals surface area contributed by atoms with Crippen molar-refractivity contribution in [3.05, 3.63) is 43.2 Å². The van der Waals surface area contributed by atoms with Crippen molar-refractivity contribution in [3.8, 4) is 0 Å². The van der Waals surface area contributed by atoms with Crippen LogP contribution in [0.4, 0.5) is 5.69 Å². The maximum Gasteiger partial charge on any atom is 1.00 e. The van der Waals surface area contributed by atoms with Gasteiger partial charge in [0.25, 0.3) is 0 Å². The molecule has 0 fully saturated rings. The number of nitrogens with two attached hydrogens (primary N) is 1.